The fourth-order valence-electron chi connectivity index (χ4n) is 3.89. The first kappa shape index (κ1) is 18.0. The van der Waals surface area contributed by atoms with Crippen molar-refractivity contribution in [3.63, 3.8) is 0 Å². The molecular formula is C20H20N6O2S. The molecule has 2 fully saturated rings. The molecule has 5 rings (SSSR count). The molecule has 0 bridgehead atoms. The number of carbonyl (C=O) groups is 2. The van der Waals surface area contributed by atoms with Gasteiger partial charge in [0.1, 0.15) is 6.33 Å². The maximum Gasteiger partial charge on any atom is 0.254 e. The summed E-state index contributed by atoms with van der Waals surface area (Å²) in [6.45, 7) is 2.28. The van der Waals surface area contributed by atoms with Gasteiger partial charge in [-0.1, -0.05) is 12.1 Å². The average molecular weight is 408 g/mol. The van der Waals surface area contributed by atoms with E-state index in [1.807, 2.05) is 28.0 Å². The second kappa shape index (κ2) is 7.40. The Morgan fingerprint density at radius 3 is 2.59 bits per heavy atom. The largest absolute Gasteiger partial charge is 0.339 e. The molecule has 0 radical (unpaired) electrons. The van der Waals surface area contributed by atoms with Crippen LogP contribution in [0, 0.1) is 5.92 Å². The van der Waals surface area contributed by atoms with Crippen molar-refractivity contribution in [1.82, 2.24) is 30.0 Å². The van der Waals surface area contributed by atoms with Crippen LogP contribution in [-0.4, -0.2) is 68.0 Å². The van der Waals surface area contributed by atoms with Gasteiger partial charge >= 0.3 is 0 Å². The number of hydrogen-bond acceptors (Lipinski definition) is 6. The normalized spacial score (nSPS) is 21.2. The van der Waals surface area contributed by atoms with Gasteiger partial charge in [0.05, 0.1) is 5.69 Å². The lowest BCUT2D eigenvalue weighted by molar-refractivity contribution is -0.134. The van der Waals surface area contributed by atoms with Crippen LogP contribution >= 0.6 is 11.3 Å². The van der Waals surface area contributed by atoms with Crippen LogP contribution in [0.2, 0.25) is 0 Å². The third kappa shape index (κ3) is 3.53. The lowest BCUT2D eigenvalue weighted by atomic mass is 10.1. The molecule has 1 saturated carbocycles. The first-order chi connectivity index (χ1) is 14.2. The summed E-state index contributed by atoms with van der Waals surface area (Å²) in [5, 5.41) is 13.2. The monoisotopic (exact) mass is 408 g/mol. The highest BCUT2D eigenvalue weighted by Gasteiger charge is 2.46. The summed E-state index contributed by atoms with van der Waals surface area (Å²) in [6, 6.07) is 11.4. The van der Waals surface area contributed by atoms with E-state index in [1.165, 1.54) is 15.9 Å². The molecule has 2 aliphatic rings. The molecule has 0 N–H and O–H groups in total. The predicted molar refractivity (Wildman–Crippen MR) is 107 cm³/mol. The van der Waals surface area contributed by atoms with Gasteiger partial charge in [-0.05, 0) is 46.5 Å². The molecule has 0 unspecified atom stereocenters. The van der Waals surface area contributed by atoms with Gasteiger partial charge < -0.3 is 9.80 Å². The maximum absolute atomic E-state index is 12.9. The molecule has 2 aromatic heterocycles. The summed E-state index contributed by atoms with van der Waals surface area (Å²) in [7, 11) is 0. The van der Waals surface area contributed by atoms with Gasteiger partial charge in [-0.3, -0.25) is 9.59 Å². The van der Waals surface area contributed by atoms with E-state index in [0.29, 0.717) is 37.7 Å². The second-order valence-corrected chi connectivity index (χ2v) is 8.37. The van der Waals surface area contributed by atoms with E-state index in [1.54, 1.807) is 23.5 Å². The van der Waals surface area contributed by atoms with Crippen molar-refractivity contribution in [2.24, 2.45) is 5.92 Å². The number of nitrogens with zero attached hydrogens (tertiary/aromatic N) is 6. The number of rotatable bonds is 4. The quantitative estimate of drug-likeness (QED) is 0.657. The summed E-state index contributed by atoms with van der Waals surface area (Å²) in [5.74, 6) is 0.700. The van der Waals surface area contributed by atoms with Crippen LogP contribution in [0.25, 0.3) is 5.69 Å². The van der Waals surface area contributed by atoms with E-state index >= 15 is 0 Å². The van der Waals surface area contributed by atoms with E-state index < -0.39 is 0 Å². The fourth-order valence-corrected chi connectivity index (χ4v) is 4.80. The number of hydrogen-bond donors (Lipinski definition) is 0. The van der Waals surface area contributed by atoms with Gasteiger partial charge in [0.15, 0.2) is 0 Å². The topological polar surface area (TPSA) is 84.2 Å². The Labute approximate surface area is 171 Å². The first-order valence-electron chi connectivity index (χ1n) is 9.65. The molecule has 3 heterocycles. The van der Waals surface area contributed by atoms with Crippen molar-refractivity contribution in [2.75, 3.05) is 26.2 Å². The minimum atomic E-state index is -0.0325. The van der Waals surface area contributed by atoms with Crippen LogP contribution in [0.3, 0.4) is 0 Å². The Morgan fingerprint density at radius 1 is 1.03 bits per heavy atom. The summed E-state index contributed by atoms with van der Waals surface area (Å²) in [6.07, 6.45) is 2.44. The number of piperazine rings is 1. The van der Waals surface area contributed by atoms with Crippen LogP contribution in [0.1, 0.15) is 27.6 Å². The molecule has 1 aliphatic heterocycles. The number of thiophene rings is 1. The number of benzene rings is 1. The minimum absolute atomic E-state index is 0.0325. The van der Waals surface area contributed by atoms with E-state index in [9.17, 15) is 9.59 Å². The Balaban J connectivity index is 1.19. The predicted octanol–water partition coefficient (Wildman–Crippen LogP) is 1.81. The molecule has 1 saturated heterocycles. The smallest absolute Gasteiger partial charge is 0.254 e. The van der Waals surface area contributed by atoms with Gasteiger partial charge in [-0.15, -0.1) is 16.4 Å². The standard InChI is InChI=1S/C20H20N6O2S/c27-19(14-3-1-4-15(11-14)26-13-21-22-23-26)24-6-8-25(9-7-24)20(28)17-12-16(17)18-5-2-10-29-18/h1-5,10-11,13,16-17H,6-9,12H2/t16-,17+/m1/s1. The molecule has 1 aliphatic carbocycles. The highest BCUT2D eigenvalue weighted by atomic mass is 32.1. The molecular weight excluding hydrogens is 388 g/mol. The Hall–Kier alpha value is -3.07. The van der Waals surface area contributed by atoms with Gasteiger partial charge in [0, 0.05) is 48.5 Å². The lowest BCUT2D eigenvalue weighted by Crippen LogP contribution is -2.51. The van der Waals surface area contributed by atoms with Crippen molar-refractivity contribution < 1.29 is 9.59 Å². The Bertz CT molecular complexity index is 1010. The summed E-state index contributed by atoms with van der Waals surface area (Å²) in [5.41, 5.74) is 1.33. The Morgan fingerprint density at radius 2 is 1.86 bits per heavy atom. The van der Waals surface area contributed by atoms with Gasteiger partial charge in [-0.25, -0.2) is 4.68 Å². The molecule has 148 valence electrons. The van der Waals surface area contributed by atoms with E-state index in [4.69, 9.17) is 0 Å². The molecule has 29 heavy (non-hydrogen) atoms. The van der Waals surface area contributed by atoms with Crippen LogP contribution in [0.5, 0.6) is 0 Å². The summed E-state index contributed by atoms with van der Waals surface area (Å²) < 4.78 is 1.52. The van der Waals surface area contributed by atoms with Crippen LogP contribution < -0.4 is 0 Å². The number of tetrazole rings is 1. The van der Waals surface area contributed by atoms with Crippen LogP contribution in [-0.2, 0) is 4.79 Å². The van der Waals surface area contributed by atoms with E-state index in [-0.39, 0.29) is 17.7 Å². The molecule has 1 aromatic carbocycles. The van der Waals surface area contributed by atoms with Crippen molar-refractivity contribution in [3.05, 3.63) is 58.5 Å². The molecule has 0 spiro atoms. The van der Waals surface area contributed by atoms with E-state index in [2.05, 4.69) is 27.0 Å². The highest BCUT2D eigenvalue weighted by Crippen LogP contribution is 2.50. The number of aromatic nitrogens is 4. The zero-order chi connectivity index (χ0) is 19.8. The second-order valence-electron chi connectivity index (χ2n) is 7.39. The van der Waals surface area contributed by atoms with Crippen molar-refractivity contribution in [3.8, 4) is 5.69 Å². The van der Waals surface area contributed by atoms with Gasteiger partial charge in [0.2, 0.25) is 5.91 Å². The number of carbonyl (C=O) groups excluding carboxylic acids is 2. The third-order valence-corrected chi connectivity index (χ3v) is 6.61. The fraction of sp³-hybridized carbons (Fsp3) is 0.350. The van der Waals surface area contributed by atoms with Crippen LogP contribution in [0.4, 0.5) is 0 Å². The summed E-state index contributed by atoms with van der Waals surface area (Å²) in [4.78, 5) is 30.7. The average Bonchev–Trinajstić information content (AvgIpc) is 3.16. The maximum atomic E-state index is 12.9. The van der Waals surface area contributed by atoms with Crippen LogP contribution in [0.15, 0.2) is 48.1 Å². The SMILES string of the molecule is O=C(c1cccc(-n2cnnn2)c1)N1CCN(C(=O)[C@H]2C[C@H]2c2cccs2)CC1. The van der Waals surface area contributed by atoms with Gasteiger partial charge in [0.25, 0.3) is 5.91 Å². The first-order valence-corrected chi connectivity index (χ1v) is 10.5. The molecule has 2 atom stereocenters. The summed E-state index contributed by atoms with van der Waals surface area (Å²) >= 11 is 1.73. The minimum Gasteiger partial charge on any atom is -0.339 e. The highest BCUT2D eigenvalue weighted by molar-refractivity contribution is 7.10. The molecule has 3 aromatic rings. The van der Waals surface area contributed by atoms with Crippen molar-refractivity contribution >= 4 is 23.2 Å². The van der Waals surface area contributed by atoms with Gasteiger partial charge in [-0.2, -0.15) is 0 Å². The van der Waals surface area contributed by atoms with Crippen molar-refractivity contribution in [1.29, 1.82) is 0 Å². The molecule has 9 heteroatoms. The molecule has 8 nitrogen and oxygen atoms in total. The Kier molecular flexibility index (Phi) is 4.59. The third-order valence-electron chi connectivity index (χ3n) is 5.60. The lowest BCUT2D eigenvalue weighted by Gasteiger charge is -2.35. The molecule has 2 amide bonds. The van der Waals surface area contributed by atoms with E-state index in [0.717, 1.165) is 12.1 Å². The number of amides is 2. The zero-order valence-corrected chi connectivity index (χ0v) is 16.5. The zero-order valence-electron chi connectivity index (χ0n) is 15.7. The van der Waals surface area contributed by atoms with Crippen molar-refractivity contribution in [2.45, 2.75) is 12.3 Å².